The molecule has 0 saturated heterocycles. The van der Waals surface area contributed by atoms with Crippen LogP contribution in [-0.2, 0) is 13.0 Å². The highest BCUT2D eigenvalue weighted by atomic mass is 35.5. The molecule has 0 aliphatic carbocycles. The summed E-state index contributed by atoms with van der Waals surface area (Å²) in [6.07, 6.45) is 2.11. The van der Waals surface area contributed by atoms with Crippen LogP contribution in [0.4, 0.5) is 0 Å². The monoisotopic (exact) mass is 282 g/mol. The molecule has 5 heteroatoms. The van der Waals surface area contributed by atoms with E-state index in [9.17, 15) is 0 Å². The molecule has 0 atom stereocenters. The standard InChI is InChI=1S/C13H12Cl2N2O/c1-2-10-12(15)16-8-17-13(10)18-7-9-5-3-4-6-11(9)14/h3-6,8H,2,7H2,1H3. The maximum Gasteiger partial charge on any atom is 0.221 e. The number of nitrogens with zero attached hydrogens (tertiary/aromatic N) is 2. The lowest BCUT2D eigenvalue weighted by atomic mass is 10.2. The summed E-state index contributed by atoms with van der Waals surface area (Å²) in [6, 6.07) is 7.54. The lowest BCUT2D eigenvalue weighted by Gasteiger charge is -2.10. The van der Waals surface area contributed by atoms with Crippen molar-refractivity contribution in [3.05, 3.63) is 51.9 Å². The first-order valence-corrected chi connectivity index (χ1v) is 6.33. The topological polar surface area (TPSA) is 35.0 Å². The number of hydrogen-bond donors (Lipinski definition) is 0. The van der Waals surface area contributed by atoms with Crippen LogP contribution in [0.15, 0.2) is 30.6 Å². The molecule has 0 aliphatic rings. The van der Waals surface area contributed by atoms with Crippen molar-refractivity contribution in [3.63, 3.8) is 0 Å². The number of halogens is 2. The van der Waals surface area contributed by atoms with Crippen LogP contribution >= 0.6 is 23.2 Å². The van der Waals surface area contributed by atoms with Gasteiger partial charge in [0.1, 0.15) is 18.1 Å². The van der Waals surface area contributed by atoms with Gasteiger partial charge in [-0.05, 0) is 12.5 Å². The Labute approximate surface area is 116 Å². The Balaban J connectivity index is 2.16. The van der Waals surface area contributed by atoms with E-state index in [0.29, 0.717) is 22.7 Å². The zero-order chi connectivity index (χ0) is 13.0. The molecule has 1 aromatic heterocycles. The number of rotatable bonds is 4. The Bertz CT molecular complexity index is 546. The van der Waals surface area contributed by atoms with Crippen molar-refractivity contribution < 1.29 is 4.74 Å². The first-order chi connectivity index (χ1) is 8.72. The molecule has 0 aliphatic heterocycles. The molecule has 1 aromatic carbocycles. The van der Waals surface area contributed by atoms with Gasteiger partial charge in [-0.15, -0.1) is 0 Å². The molecule has 94 valence electrons. The maximum atomic E-state index is 6.06. The normalized spacial score (nSPS) is 10.4. The summed E-state index contributed by atoms with van der Waals surface area (Å²) in [5.74, 6) is 0.511. The van der Waals surface area contributed by atoms with Gasteiger partial charge in [0.05, 0.1) is 5.56 Å². The smallest absolute Gasteiger partial charge is 0.221 e. The van der Waals surface area contributed by atoms with E-state index in [-0.39, 0.29) is 0 Å². The van der Waals surface area contributed by atoms with E-state index in [1.807, 2.05) is 31.2 Å². The molecule has 0 bridgehead atoms. The molecule has 0 N–H and O–H groups in total. The fourth-order valence-corrected chi connectivity index (χ4v) is 2.01. The van der Waals surface area contributed by atoms with Crippen LogP contribution in [0.3, 0.4) is 0 Å². The third-order valence-electron chi connectivity index (χ3n) is 2.53. The predicted octanol–water partition coefficient (Wildman–Crippen LogP) is 3.92. The Morgan fingerprint density at radius 1 is 1.17 bits per heavy atom. The highest BCUT2D eigenvalue weighted by molar-refractivity contribution is 6.31. The zero-order valence-corrected chi connectivity index (χ0v) is 11.4. The lowest BCUT2D eigenvalue weighted by Crippen LogP contribution is -2.02. The molecular formula is C13H12Cl2N2O. The number of aromatic nitrogens is 2. The molecule has 0 spiro atoms. The highest BCUT2D eigenvalue weighted by Crippen LogP contribution is 2.24. The third-order valence-corrected chi connectivity index (χ3v) is 3.22. The van der Waals surface area contributed by atoms with Crippen LogP contribution in [0.1, 0.15) is 18.1 Å². The molecule has 18 heavy (non-hydrogen) atoms. The van der Waals surface area contributed by atoms with Crippen LogP contribution in [0, 0.1) is 0 Å². The Morgan fingerprint density at radius 2 is 1.94 bits per heavy atom. The predicted molar refractivity (Wildman–Crippen MR) is 72.2 cm³/mol. The molecule has 3 nitrogen and oxygen atoms in total. The van der Waals surface area contributed by atoms with Gasteiger partial charge in [-0.25, -0.2) is 9.97 Å². The summed E-state index contributed by atoms with van der Waals surface area (Å²) in [6.45, 7) is 2.34. The van der Waals surface area contributed by atoms with E-state index in [0.717, 1.165) is 17.5 Å². The molecule has 0 radical (unpaired) electrons. The lowest BCUT2D eigenvalue weighted by molar-refractivity contribution is 0.290. The van der Waals surface area contributed by atoms with Crippen LogP contribution < -0.4 is 4.74 Å². The summed E-state index contributed by atoms with van der Waals surface area (Å²) in [4.78, 5) is 8.03. The van der Waals surface area contributed by atoms with Crippen molar-refractivity contribution in [2.45, 2.75) is 20.0 Å². The highest BCUT2D eigenvalue weighted by Gasteiger charge is 2.10. The number of hydrogen-bond acceptors (Lipinski definition) is 3. The fourth-order valence-electron chi connectivity index (χ4n) is 1.56. The largest absolute Gasteiger partial charge is 0.472 e. The van der Waals surface area contributed by atoms with Gasteiger partial charge in [0, 0.05) is 10.6 Å². The number of ether oxygens (including phenoxy) is 1. The zero-order valence-electron chi connectivity index (χ0n) is 9.86. The maximum absolute atomic E-state index is 6.06. The van der Waals surface area contributed by atoms with Crippen molar-refractivity contribution >= 4 is 23.2 Å². The van der Waals surface area contributed by atoms with Gasteiger partial charge in [-0.2, -0.15) is 0 Å². The fraction of sp³-hybridized carbons (Fsp3) is 0.231. The van der Waals surface area contributed by atoms with E-state index >= 15 is 0 Å². The summed E-state index contributed by atoms with van der Waals surface area (Å²) in [5, 5.41) is 1.11. The molecule has 2 rings (SSSR count). The van der Waals surface area contributed by atoms with Gasteiger partial charge in [0.15, 0.2) is 0 Å². The Hall–Kier alpha value is -1.32. The van der Waals surface area contributed by atoms with E-state index < -0.39 is 0 Å². The van der Waals surface area contributed by atoms with Crippen molar-refractivity contribution in [1.82, 2.24) is 9.97 Å². The third kappa shape index (κ3) is 2.92. The summed E-state index contributed by atoms with van der Waals surface area (Å²) in [7, 11) is 0. The minimum Gasteiger partial charge on any atom is -0.472 e. The molecule has 0 saturated carbocycles. The molecule has 2 aromatic rings. The van der Waals surface area contributed by atoms with E-state index in [1.54, 1.807) is 0 Å². The van der Waals surface area contributed by atoms with Crippen molar-refractivity contribution in [1.29, 1.82) is 0 Å². The average molecular weight is 283 g/mol. The van der Waals surface area contributed by atoms with E-state index in [1.165, 1.54) is 6.33 Å². The molecule has 1 heterocycles. The average Bonchev–Trinajstić information content (AvgIpc) is 2.38. The SMILES string of the molecule is CCc1c(Cl)ncnc1OCc1ccccc1Cl. The van der Waals surface area contributed by atoms with Gasteiger partial charge >= 0.3 is 0 Å². The number of benzene rings is 1. The van der Waals surface area contributed by atoms with Gasteiger partial charge in [-0.3, -0.25) is 0 Å². The molecular weight excluding hydrogens is 271 g/mol. The first kappa shape index (κ1) is 13.1. The van der Waals surface area contributed by atoms with Crippen LogP contribution in [0.25, 0.3) is 0 Å². The summed E-state index contributed by atoms with van der Waals surface area (Å²) >= 11 is 12.0. The molecule has 0 amide bonds. The Morgan fingerprint density at radius 3 is 2.67 bits per heavy atom. The van der Waals surface area contributed by atoms with Crippen molar-refractivity contribution in [3.8, 4) is 5.88 Å². The second-order valence-corrected chi connectivity index (χ2v) is 4.45. The second kappa shape index (κ2) is 6.03. The van der Waals surface area contributed by atoms with Crippen LogP contribution in [-0.4, -0.2) is 9.97 Å². The first-order valence-electron chi connectivity index (χ1n) is 5.58. The molecule has 0 fully saturated rings. The van der Waals surface area contributed by atoms with E-state index in [2.05, 4.69) is 9.97 Å². The Kier molecular flexibility index (Phi) is 4.39. The van der Waals surface area contributed by atoms with E-state index in [4.69, 9.17) is 27.9 Å². The quantitative estimate of drug-likeness (QED) is 0.797. The van der Waals surface area contributed by atoms with Gasteiger partial charge in [-0.1, -0.05) is 48.3 Å². The van der Waals surface area contributed by atoms with Gasteiger partial charge in [0.25, 0.3) is 0 Å². The summed E-state index contributed by atoms with van der Waals surface area (Å²) in [5.41, 5.74) is 1.72. The summed E-state index contributed by atoms with van der Waals surface area (Å²) < 4.78 is 5.66. The van der Waals surface area contributed by atoms with Gasteiger partial charge in [0.2, 0.25) is 5.88 Å². The minimum absolute atomic E-state index is 0.361. The van der Waals surface area contributed by atoms with Crippen molar-refractivity contribution in [2.24, 2.45) is 0 Å². The van der Waals surface area contributed by atoms with Crippen LogP contribution in [0.2, 0.25) is 10.2 Å². The van der Waals surface area contributed by atoms with Crippen LogP contribution in [0.5, 0.6) is 5.88 Å². The van der Waals surface area contributed by atoms with Gasteiger partial charge < -0.3 is 4.74 Å². The minimum atomic E-state index is 0.361. The van der Waals surface area contributed by atoms with Crippen molar-refractivity contribution in [2.75, 3.05) is 0 Å². The second-order valence-electron chi connectivity index (χ2n) is 3.68. The molecule has 0 unspecified atom stereocenters.